The summed E-state index contributed by atoms with van der Waals surface area (Å²) in [6.45, 7) is 4.40. The molecule has 0 aliphatic carbocycles. The number of nitrogens with zero attached hydrogens (tertiary/aromatic N) is 2. The molecule has 1 amide bonds. The molecule has 0 unspecified atom stereocenters. The minimum absolute atomic E-state index is 0.0428. The van der Waals surface area contributed by atoms with Crippen LogP contribution < -0.4 is 5.32 Å². The van der Waals surface area contributed by atoms with E-state index in [9.17, 15) is 4.79 Å². The van der Waals surface area contributed by atoms with Gasteiger partial charge in [-0.1, -0.05) is 42.5 Å². The van der Waals surface area contributed by atoms with Gasteiger partial charge in [0.05, 0.1) is 22.8 Å². The Hall–Kier alpha value is -2.24. The van der Waals surface area contributed by atoms with Crippen LogP contribution in [0, 0.1) is 0 Å². The predicted octanol–water partition coefficient (Wildman–Crippen LogP) is 4.17. The molecule has 3 rings (SSSR count). The van der Waals surface area contributed by atoms with Crippen molar-refractivity contribution in [3.63, 3.8) is 0 Å². The zero-order valence-corrected chi connectivity index (χ0v) is 15.6. The van der Waals surface area contributed by atoms with Gasteiger partial charge in [0, 0.05) is 13.1 Å². The molecule has 0 radical (unpaired) electrons. The largest absolute Gasteiger partial charge is 0.335 e. The van der Waals surface area contributed by atoms with Crippen LogP contribution in [0.25, 0.3) is 10.2 Å². The standard InChI is InChI=1S/C20H23N3OS/c1-14(16-9-5-4-6-10-16)21-13-19(24)23(3)15(2)20-22-17-11-7-8-12-18(17)25-20/h4-12,14-15,21H,13H2,1-3H3/t14-,15+/m0/s1. The van der Waals surface area contributed by atoms with Crippen LogP contribution >= 0.6 is 11.3 Å². The van der Waals surface area contributed by atoms with Gasteiger partial charge in [-0.3, -0.25) is 4.79 Å². The fraction of sp³-hybridized carbons (Fsp3) is 0.300. The van der Waals surface area contributed by atoms with Gasteiger partial charge in [0.2, 0.25) is 5.91 Å². The Labute approximate surface area is 152 Å². The van der Waals surface area contributed by atoms with Gasteiger partial charge in [-0.25, -0.2) is 4.98 Å². The molecule has 5 heteroatoms. The number of para-hydroxylation sites is 1. The fourth-order valence-corrected chi connectivity index (χ4v) is 3.74. The molecule has 1 aromatic heterocycles. The van der Waals surface area contributed by atoms with E-state index in [4.69, 9.17) is 0 Å². The summed E-state index contributed by atoms with van der Waals surface area (Å²) < 4.78 is 1.15. The summed E-state index contributed by atoms with van der Waals surface area (Å²) in [4.78, 5) is 19.0. The number of aromatic nitrogens is 1. The molecule has 4 nitrogen and oxygen atoms in total. The molecular formula is C20H23N3OS. The monoisotopic (exact) mass is 353 g/mol. The van der Waals surface area contributed by atoms with Crippen molar-refractivity contribution < 1.29 is 4.79 Å². The Bertz CT molecular complexity index is 813. The lowest BCUT2D eigenvalue weighted by Crippen LogP contribution is -2.37. The van der Waals surface area contributed by atoms with Crippen molar-refractivity contribution in [3.8, 4) is 0 Å². The first-order chi connectivity index (χ1) is 12.1. The number of benzene rings is 2. The van der Waals surface area contributed by atoms with E-state index in [0.717, 1.165) is 15.2 Å². The average molecular weight is 353 g/mol. The topological polar surface area (TPSA) is 45.2 Å². The first kappa shape index (κ1) is 17.6. The van der Waals surface area contributed by atoms with Crippen molar-refractivity contribution in [1.82, 2.24) is 15.2 Å². The molecule has 0 fully saturated rings. The third-order valence-corrected chi connectivity index (χ3v) is 5.71. The SMILES string of the molecule is C[C@H](NCC(=O)N(C)[C@H](C)c1nc2ccccc2s1)c1ccccc1. The highest BCUT2D eigenvalue weighted by atomic mass is 32.1. The van der Waals surface area contributed by atoms with Gasteiger partial charge in [0.1, 0.15) is 5.01 Å². The molecule has 0 spiro atoms. The van der Waals surface area contributed by atoms with Crippen LogP contribution in [0.2, 0.25) is 0 Å². The van der Waals surface area contributed by atoms with Crippen LogP contribution in [0.15, 0.2) is 54.6 Å². The van der Waals surface area contributed by atoms with Crippen LogP contribution in [0.5, 0.6) is 0 Å². The summed E-state index contributed by atoms with van der Waals surface area (Å²) in [6.07, 6.45) is 0. The van der Waals surface area contributed by atoms with Crippen molar-refractivity contribution in [2.24, 2.45) is 0 Å². The Kier molecular flexibility index (Phi) is 5.46. The number of thiazole rings is 1. The fourth-order valence-electron chi connectivity index (χ4n) is 2.68. The minimum Gasteiger partial charge on any atom is -0.335 e. The molecular weight excluding hydrogens is 330 g/mol. The second-order valence-electron chi connectivity index (χ2n) is 6.21. The molecule has 0 aliphatic rings. The van der Waals surface area contributed by atoms with E-state index in [1.165, 1.54) is 5.56 Å². The van der Waals surface area contributed by atoms with Crippen molar-refractivity contribution in [3.05, 3.63) is 65.2 Å². The van der Waals surface area contributed by atoms with Gasteiger partial charge in [-0.2, -0.15) is 0 Å². The number of rotatable bonds is 6. The van der Waals surface area contributed by atoms with Crippen LogP contribution in [-0.2, 0) is 4.79 Å². The third kappa shape index (κ3) is 4.06. The van der Waals surface area contributed by atoms with Crippen LogP contribution in [0.3, 0.4) is 0 Å². The number of carbonyl (C=O) groups excluding carboxylic acids is 1. The number of hydrogen-bond donors (Lipinski definition) is 1. The summed E-state index contributed by atoms with van der Waals surface area (Å²) in [5.74, 6) is 0.0644. The molecule has 0 saturated heterocycles. The van der Waals surface area contributed by atoms with Crippen molar-refractivity contribution in [2.45, 2.75) is 25.9 Å². The third-order valence-electron chi connectivity index (χ3n) is 4.50. The maximum Gasteiger partial charge on any atom is 0.236 e. The van der Waals surface area contributed by atoms with E-state index in [-0.39, 0.29) is 18.0 Å². The van der Waals surface area contributed by atoms with Crippen molar-refractivity contribution in [1.29, 1.82) is 0 Å². The number of fused-ring (bicyclic) bond motifs is 1. The maximum absolute atomic E-state index is 12.5. The summed E-state index contributed by atoms with van der Waals surface area (Å²) >= 11 is 1.65. The Morgan fingerprint density at radius 1 is 1.12 bits per heavy atom. The van der Waals surface area contributed by atoms with E-state index >= 15 is 0 Å². The first-order valence-electron chi connectivity index (χ1n) is 8.45. The number of carbonyl (C=O) groups is 1. The highest BCUT2D eigenvalue weighted by Gasteiger charge is 2.21. The number of hydrogen-bond acceptors (Lipinski definition) is 4. The Balaban J connectivity index is 1.61. The van der Waals surface area contributed by atoms with E-state index in [1.807, 2.05) is 50.4 Å². The van der Waals surface area contributed by atoms with Gasteiger partial charge >= 0.3 is 0 Å². The Morgan fingerprint density at radius 2 is 1.80 bits per heavy atom. The summed E-state index contributed by atoms with van der Waals surface area (Å²) in [5, 5.41) is 4.27. The zero-order valence-electron chi connectivity index (χ0n) is 14.8. The first-order valence-corrected chi connectivity index (χ1v) is 9.27. The summed E-state index contributed by atoms with van der Waals surface area (Å²) in [5.41, 5.74) is 2.17. The van der Waals surface area contributed by atoms with E-state index in [2.05, 4.69) is 35.4 Å². The van der Waals surface area contributed by atoms with Gasteiger partial charge < -0.3 is 10.2 Å². The van der Waals surface area contributed by atoms with Gasteiger partial charge in [0.25, 0.3) is 0 Å². The molecule has 25 heavy (non-hydrogen) atoms. The molecule has 3 aromatic rings. The van der Waals surface area contributed by atoms with E-state index in [0.29, 0.717) is 6.54 Å². The quantitative estimate of drug-likeness (QED) is 0.723. The summed E-state index contributed by atoms with van der Waals surface area (Å²) in [7, 11) is 1.84. The van der Waals surface area contributed by atoms with Crippen LogP contribution in [0.1, 0.15) is 36.5 Å². The molecule has 2 atom stereocenters. The van der Waals surface area contributed by atoms with Gasteiger partial charge in [-0.05, 0) is 31.5 Å². The molecule has 0 aliphatic heterocycles. The van der Waals surface area contributed by atoms with E-state index in [1.54, 1.807) is 16.2 Å². The highest BCUT2D eigenvalue weighted by Crippen LogP contribution is 2.28. The van der Waals surface area contributed by atoms with Crippen molar-refractivity contribution in [2.75, 3.05) is 13.6 Å². The molecule has 0 saturated carbocycles. The van der Waals surface area contributed by atoms with Gasteiger partial charge in [-0.15, -0.1) is 11.3 Å². The normalized spacial score (nSPS) is 13.6. The molecule has 130 valence electrons. The van der Waals surface area contributed by atoms with Crippen LogP contribution in [-0.4, -0.2) is 29.4 Å². The highest BCUT2D eigenvalue weighted by molar-refractivity contribution is 7.18. The molecule has 0 bridgehead atoms. The smallest absolute Gasteiger partial charge is 0.236 e. The Morgan fingerprint density at radius 3 is 2.52 bits per heavy atom. The van der Waals surface area contributed by atoms with Crippen molar-refractivity contribution >= 4 is 27.5 Å². The lowest BCUT2D eigenvalue weighted by atomic mass is 10.1. The average Bonchev–Trinajstić information content (AvgIpc) is 3.09. The minimum atomic E-state index is -0.0428. The zero-order chi connectivity index (χ0) is 17.8. The molecule has 1 heterocycles. The van der Waals surface area contributed by atoms with Gasteiger partial charge in [0.15, 0.2) is 0 Å². The number of nitrogens with one attached hydrogen (secondary N) is 1. The predicted molar refractivity (Wildman–Crippen MR) is 104 cm³/mol. The maximum atomic E-state index is 12.5. The lowest BCUT2D eigenvalue weighted by molar-refractivity contribution is -0.131. The van der Waals surface area contributed by atoms with Crippen LogP contribution in [0.4, 0.5) is 0 Å². The molecule has 2 aromatic carbocycles. The lowest BCUT2D eigenvalue weighted by Gasteiger charge is -2.24. The number of likely N-dealkylation sites (N-methyl/N-ethyl adjacent to an activating group) is 1. The second kappa shape index (κ2) is 7.76. The second-order valence-corrected chi connectivity index (χ2v) is 7.28. The summed E-state index contributed by atoms with van der Waals surface area (Å²) in [6, 6.07) is 18.3. The number of amides is 1. The van der Waals surface area contributed by atoms with E-state index < -0.39 is 0 Å². The molecule has 1 N–H and O–H groups in total.